The standard InChI is InChI=1S/C9H14F3N3O2/c1-14(2)7(16)6-5-13-3-4-15(6)8(17)9(10,11)12/h6,13H,3-5H2,1-2H3. The van der Waals surface area contributed by atoms with Crippen LogP contribution in [-0.2, 0) is 9.59 Å². The van der Waals surface area contributed by atoms with Crippen LogP contribution in [0.2, 0.25) is 0 Å². The van der Waals surface area contributed by atoms with Gasteiger partial charge in [-0.05, 0) is 0 Å². The number of likely N-dealkylation sites (N-methyl/N-ethyl adjacent to an activating group) is 1. The zero-order chi connectivity index (χ0) is 13.2. The van der Waals surface area contributed by atoms with E-state index in [9.17, 15) is 22.8 Å². The minimum atomic E-state index is -4.94. The molecule has 1 aliphatic rings. The lowest BCUT2D eigenvalue weighted by Gasteiger charge is -2.36. The molecule has 17 heavy (non-hydrogen) atoms. The number of alkyl halides is 3. The number of hydrogen-bond donors (Lipinski definition) is 1. The fourth-order valence-electron chi connectivity index (χ4n) is 1.63. The second-order valence-corrected chi connectivity index (χ2v) is 3.95. The summed E-state index contributed by atoms with van der Waals surface area (Å²) in [4.78, 5) is 24.6. The number of carbonyl (C=O) groups is 2. The molecule has 0 bridgehead atoms. The maximum atomic E-state index is 12.3. The van der Waals surface area contributed by atoms with Gasteiger partial charge in [-0.15, -0.1) is 0 Å². The van der Waals surface area contributed by atoms with Crippen LogP contribution in [0.5, 0.6) is 0 Å². The molecule has 98 valence electrons. The molecule has 1 N–H and O–H groups in total. The minimum absolute atomic E-state index is 0.0405. The molecule has 1 saturated heterocycles. The van der Waals surface area contributed by atoms with Crippen molar-refractivity contribution in [3.05, 3.63) is 0 Å². The fourth-order valence-corrected chi connectivity index (χ4v) is 1.63. The second-order valence-electron chi connectivity index (χ2n) is 3.95. The molecule has 2 amide bonds. The lowest BCUT2D eigenvalue weighted by molar-refractivity contribution is -0.189. The number of piperazine rings is 1. The molecule has 0 aliphatic carbocycles. The van der Waals surface area contributed by atoms with E-state index in [4.69, 9.17) is 0 Å². The SMILES string of the molecule is CN(C)C(=O)C1CNCCN1C(=O)C(F)(F)F. The maximum Gasteiger partial charge on any atom is 0.471 e. The van der Waals surface area contributed by atoms with Gasteiger partial charge in [0.25, 0.3) is 0 Å². The summed E-state index contributed by atoms with van der Waals surface area (Å²) in [7, 11) is 2.88. The first-order valence-corrected chi connectivity index (χ1v) is 5.05. The van der Waals surface area contributed by atoms with Gasteiger partial charge in [0.1, 0.15) is 6.04 Å². The van der Waals surface area contributed by atoms with E-state index in [1.165, 1.54) is 19.0 Å². The quantitative estimate of drug-likeness (QED) is 0.681. The summed E-state index contributed by atoms with van der Waals surface area (Å²) in [5.74, 6) is -2.48. The highest BCUT2D eigenvalue weighted by molar-refractivity contribution is 5.90. The van der Waals surface area contributed by atoms with Crippen LogP contribution in [0.1, 0.15) is 0 Å². The number of nitrogens with zero attached hydrogens (tertiary/aromatic N) is 2. The zero-order valence-corrected chi connectivity index (χ0v) is 9.54. The molecule has 5 nitrogen and oxygen atoms in total. The van der Waals surface area contributed by atoms with Gasteiger partial charge >= 0.3 is 12.1 Å². The molecule has 1 rings (SSSR count). The molecule has 0 radical (unpaired) electrons. The molecular formula is C9H14F3N3O2. The van der Waals surface area contributed by atoms with Crippen molar-refractivity contribution in [3.63, 3.8) is 0 Å². The van der Waals surface area contributed by atoms with Gasteiger partial charge < -0.3 is 15.1 Å². The first kappa shape index (κ1) is 13.8. The summed E-state index contributed by atoms with van der Waals surface area (Å²) in [6.45, 7) is 0.167. The molecule has 1 atom stereocenters. The maximum absolute atomic E-state index is 12.3. The fraction of sp³-hybridized carbons (Fsp3) is 0.778. The van der Waals surface area contributed by atoms with E-state index >= 15 is 0 Å². The summed E-state index contributed by atoms with van der Waals surface area (Å²) in [5, 5.41) is 2.80. The Labute approximate surface area is 96.5 Å². The molecule has 0 aromatic carbocycles. The number of rotatable bonds is 1. The number of nitrogens with one attached hydrogen (secondary N) is 1. The van der Waals surface area contributed by atoms with Crippen molar-refractivity contribution in [2.24, 2.45) is 0 Å². The van der Waals surface area contributed by atoms with E-state index in [0.717, 1.165) is 0 Å². The van der Waals surface area contributed by atoms with Crippen LogP contribution in [0.15, 0.2) is 0 Å². The third kappa shape index (κ3) is 3.09. The van der Waals surface area contributed by atoms with E-state index in [0.29, 0.717) is 4.90 Å². The van der Waals surface area contributed by atoms with Crippen LogP contribution in [0, 0.1) is 0 Å². The molecule has 0 saturated carbocycles. The number of hydrogen-bond acceptors (Lipinski definition) is 3. The van der Waals surface area contributed by atoms with Crippen LogP contribution in [0.4, 0.5) is 13.2 Å². The van der Waals surface area contributed by atoms with Gasteiger partial charge in [-0.25, -0.2) is 0 Å². The van der Waals surface area contributed by atoms with Gasteiger partial charge in [0, 0.05) is 33.7 Å². The minimum Gasteiger partial charge on any atom is -0.347 e. The average Bonchev–Trinajstić information content (AvgIpc) is 2.25. The molecule has 0 aromatic heterocycles. The third-order valence-corrected chi connectivity index (χ3v) is 2.47. The van der Waals surface area contributed by atoms with Crippen molar-refractivity contribution in [1.29, 1.82) is 0 Å². The number of carbonyl (C=O) groups excluding carboxylic acids is 2. The van der Waals surface area contributed by atoms with Crippen LogP contribution < -0.4 is 5.32 Å². The highest BCUT2D eigenvalue weighted by atomic mass is 19.4. The first-order valence-electron chi connectivity index (χ1n) is 5.05. The monoisotopic (exact) mass is 253 g/mol. The van der Waals surface area contributed by atoms with Crippen molar-refractivity contribution in [2.75, 3.05) is 33.7 Å². The predicted molar refractivity (Wildman–Crippen MR) is 53.1 cm³/mol. The Morgan fingerprint density at radius 3 is 2.41 bits per heavy atom. The van der Waals surface area contributed by atoms with Crippen molar-refractivity contribution >= 4 is 11.8 Å². The highest BCUT2D eigenvalue weighted by Gasteiger charge is 2.46. The number of amides is 2. The van der Waals surface area contributed by atoms with E-state index in [1.807, 2.05) is 0 Å². The van der Waals surface area contributed by atoms with Crippen molar-refractivity contribution in [2.45, 2.75) is 12.2 Å². The van der Waals surface area contributed by atoms with E-state index in [1.54, 1.807) is 0 Å². The van der Waals surface area contributed by atoms with Crippen LogP contribution in [0.25, 0.3) is 0 Å². The average molecular weight is 253 g/mol. The molecule has 1 unspecified atom stereocenters. The van der Waals surface area contributed by atoms with Gasteiger partial charge in [0.15, 0.2) is 0 Å². The normalized spacial score (nSPS) is 21.2. The van der Waals surface area contributed by atoms with Crippen LogP contribution in [0.3, 0.4) is 0 Å². The Kier molecular flexibility index (Phi) is 3.97. The van der Waals surface area contributed by atoms with Gasteiger partial charge in [-0.3, -0.25) is 9.59 Å². The summed E-state index contributed by atoms with van der Waals surface area (Å²) in [5.41, 5.74) is 0. The van der Waals surface area contributed by atoms with Crippen LogP contribution >= 0.6 is 0 Å². The van der Waals surface area contributed by atoms with Gasteiger partial charge in [-0.1, -0.05) is 0 Å². The third-order valence-electron chi connectivity index (χ3n) is 2.47. The Morgan fingerprint density at radius 1 is 1.35 bits per heavy atom. The second kappa shape index (κ2) is 4.91. The molecule has 1 fully saturated rings. The van der Waals surface area contributed by atoms with Gasteiger partial charge in [0.2, 0.25) is 5.91 Å². The Balaban J connectivity index is 2.87. The lowest BCUT2D eigenvalue weighted by Crippen LogP contribution is -2.61. The molecule has 0 aromatic rings. The summed E-state index contributed by atoms with van der Waals surface area (Å²) in [6.07, 6.45) is -4.94. The first-order chi connectivity index (χ1) is 7.75. The van der Waals surface area contributed by atoms with Crippen molar-refractivity contribution in [1.82, 2.24) is 15.1 Å². The summed E-state index contributed by atoms with van der Waals surface area (Å²) < 4.78 is 37.0. The molecule has 0 spiro atoms. The largest absolute Gasteiger partial charge is 0.471 e. The van der Waals surface area contributed by atoms with Crippen LogP contribution in [-0.4, -0.2) is 67.6 Å². The van der Waals surface area contributed by atoms with E-state index < -0.39 is 24.0 Å². The summed E-state index contributed by atoms with van der Waals surface area (Å²) >= 11 is 0. The highest BCUT2D eigenvalue weighted by Crippen LogP contribution is 2.21. The van der Waals surface area contributed by atoms with Gasteiger partial charge in [-0.2, -0.15) is 13.2 Å². The summed E-state index contributed by atoms with van der Waals surface area (Å²) in [6, 6.07) is -1.09. The molecule has 8 heteroatoms. The van der Waals surface area contributed by atoms with E-state index in [-0.39, 0.29) is 19.6 Å². The zero-order valence-electron chi connectivity index (χ0n) is 9.54. The number of halogens is 3. The molecular weight excluding hydrogens is 239 g/mol. The molecule has 1 aliphatic heterocycles. The Morgan fingerprint density at radius 2 is 1.94 bits per heavy atom. The van der Waals surface area contributed by atoms with Crippen molar-refractivity contribution in [3.8, 4) is 0 Å². The predicted octanol–water partition coefficient (Wildman–Crippen LogP) is -0.563. The Hall–Kier alpha value is -1.31. The van der Waals surface area contributed by atoms with E-state index in [2.05, 4.69) is 5.32 Å². The topological polar surface area (TPSA) is 52.7 Å². The van der Waals surface area contributed by atoms with Crippen molar-refractivity contribution < 1.29 is 22.8 Å². The Bertz CT molecular complexity index is 317. The molecule has 1 heterocycles. The lowest BCUT2D eigenvalue weighted by atomic mass is 10.1. The smallest absolute Gasteiger partial charge is 0.347 e. The van der Waals surface area contributed by atoms with Gasteiger partial charge in [0.05, 0.1) is 0 Å².